The zero-order chi connectivity index (χ0) is 24.9. The van der Waals surface area contributed by atoms with E-state index in [0.717, 1.165) is 5.56 Å². The first-order chi connectivity index (χ1) is 16.9. The summed E-state index contributed by atoms with van der Waals surface area (Å²) in [6.45, 7) is 3.81. The first-order valence-electron chi connectivity index (χ1n) is 11.2. The molecular weight excluding hydrogens is 446 g/mol. The van der Waals surface area contributed by atoms with Crippen molar-refractivity contribution >= 4 is 40.8 Å². The fraction of sp³-hybridized carbons (Fsp3) is 0.185. The van der Waals surface area contributed by atoms with Crippen LogP contribution in [0.3, 0.4) is 0 Å². The van der Waals surface area contributed by atoms with E-state index in [0.29, 0.717) is 28.2 Å². The number of amides is 3. The number of benzene rings is 3. The minimum atomic E-state index is -1.05. The predicted octanol–water partition coefficient (Wildman–Crippen LogP) is 4.17. The quantitative estimate of drug-likeness (QED) is 0.525. The van der Waals surface area contributed by atoms with E-state index in [1.165, 1.54) is 4.90 Å². The Balaban J connectivity index is 1.58. The van der Waals surface area contributed by atoms with Gasteiger partial charge in [-0.25, -0.2) is 4.79 Å². The fourth-order valence-corrected chi connectivity index (χ4v) is 3.96. The Morgan fingerprint density at radius 3 is 2.37 bits per heavy atom. The van der Waals surface area contributed by atoms with Crippen LogP contribution in [0, 0.1) is 6.92 Å². The van der Waals surface area contributed by atoms with Crippen LogP contribution >= 0.6 is 0 Å². The Kier molecular flexibility index (Phi) is 6.91. The van der Waals surface area contributed by atoms with Crippen molar-refractivity contribution < 1.29 is 23.9 Å². The van der Waals surface area contributed by atoms with Gasteiger partial charge in [-0.05, 0) is 61.9 Å². The number of hydrogen-bond donors (Lipinski definition) is 2. The summed E-state index contributed by atoms with van der Waals surface area (Å²) in [4.78, 5) is 52.8. The van der Waals surface area contributed by atoms with E-state index in [1.54, 1.807) is 67.6 Å². The molecule has 3 amide bonds. The number of esters is 1. The summed E-state index contributed by atoms with van der Waals surface area (Å²) in [6.07, 6.45) is -0.253. The van der Waals surface area contributed by atoms with E-state index >= 15 is 0 Å². The van der Waals surface area contributed by atoms with Gasteiger partial charge >= 0.3 is 5.97 Å². The predicted molar refractivity (Wildman–Crippen MR) is 132 cm³/mol. The van der Waals surface area contributed by atoms with Crippen LogP contribution in [0.2, 0.25) is 0 Å². The zero-order valence-electron chi connectivity index (χ0n) is 19.4. The topological polar surface area (TPSA) is 105 Å². The second kappa shape index (κ2) is 10.2. The Hall–Kier alpha value is -4.46. The van der Waals surface area contributed by atoms with E-state index in [2.05, 4.69) is 10.6 Å². The maximum Gasteiger partial charge on any atom is 0.338 e. The summed E-state index contributed by atoms with van der Waals surface area (Å²) in [5.41, 5.74) is 3.07. The molecule has 8 nitrogen and oxygen atoms in total. The number of carbonyl (C=O) groups excluding carboxylic acids is 4. The van der Waals surface area contributed by atoms with Gasteiger partial charge in [0.2, 0.25) is 11.8 Å². The molecule has 4 rings (SSSR count). The molecule has 3 aromatic rings. The Labute approximate surface area is 202 Å². The molecule has 0 fully saturated rings. The number of nitrogens with zero attached hydrogens (tertiary/aromatic N) is 1. The standard InChI is InChI=1S/C27H25N3O5/c1-3-35-27(34)18-12-14-19(15-13-18)28-24(31)16-23-25(32)29-21-10-6-7-11-22(21)30(23)26(33)20-9-5-4-8-17(20)2/h4-15,23H,3,16H2,1-2H3,(H,28,31)(H,29,32)/t23-/m0/s1. The van der Waals surface area contributed by atoms with Gasteiger partial charge in [-0.1, -0.05) is 30.3 Å². The first-order valence-corrected chi connectivity index (χ1v) is 11.2. The molecule has 0 spiro atoms. The lowest BCUT2D eigenvalue weighted by atomic mass is 10.0. The average Bonchev–Trinajstić information content (AvgIpc) is 2.85. The third-order valence-corrected chi connectivity index (χ3v) is 5.69. The van der Waals surface area contributed by atoms with Gasteiger partial charge < -0.3 is 15.4 Å². The summed E-state index contributed by atoms with van der Waals surface area (Å²) in [5.74, 6) is -1.70. The highest BCUT2D eigenvalue weighted by Gasteiger charge is 2.38. The van der Waals surface area contributed by atoms with E-state index in [1.807, 2.05) is 19.1 Å². The van der Waals surface area contributed by atoms with Crippen LogP contribution in [-0.2, 0) is 14.3 Å². The highest BCUT2D eigenvalue weighted by molar-refractivity contribution is 6.18. The van der Waals surface area contributed by atoms with Gasteiger partial charge in [0.25, 0.3) is 5.91 Å². The molecule has 0 saturated heterocycles. The molecule has 8 heteroatoms. The fourth-order valence-electron chi connectivity index (χ4n) is 3.96. The van der Waals surface area contributed by atoms with Crippen molar-refractivity contribution in [3.05, 3.63) is 89.5 Å². The molecule has 35 heavy (non-hydrogen) atoms. The van der Waals surface area contributed by atoms with Gasteiger partial charge in [0, 0.05) is 11.3 Å². The van der Waals surface area contributed by atoms with Crippen LogP contribution in [-0.4, -0.2) is 36.3 Å². The number of rotatable bonds is 6. The largest absolute Gasteiger partial charge is 0.462 e. The summed E-state index contributed by atoms with van der Waals surface area (Å²) in [7, 11) is 0. The van der Waals surface area contributed by atoms with Crippen LogP contribution in [0.5, 0.6) is 0 Å². The van der Waals surface area contributed by atoms with Gasteiger partial charge in [0.1, 0.15) is 6.04 Å². The number of para-hydroxylation sites is 2. The van der Waals surface area contributed by atoms with Gasteiger partial charge in [0.15, 0.2) is 0 Å². The van der Waals surface area contributed by atoms with Crippen molar-refractivity contribution in [2.75, 3.05) is 22.1 Å². The third-order valence-electron chi connectivity index (χ3n) is 5.69. The molecule has 0 bridgehead atoms. The maximum absolute atomic E-state index is 13.6. The number of ether oxygens (including phenoxy) is 1. The molecule has 0 saturated carbocycles. The highest BCUT2D eigenvalue weighted by atomic mass is 16.5. The summed E-state index contributed by atoms with van der Waals surface area (Å²) < 4.78 is 4.96. The Morgan fingerprint density at radius 2 is 1.66 bits per heavy atom. The lowest BCUT2D eigenvalue weighted by Gasteiger charge is -2.36. The number of nitrogens with one attached hydrogen (secondary N) is 2. The van der Waals surface area contributed by atoms with Crippen molar-refractivity contribution in [1.82, 2.24) is 0 Å². The van der Waals surface area contributed by atoms with E-state index in [-0.39, 0.29) is 18.9 Å². The highest BCUT2D eigenvalue weighted by Crippen LogP contribution is 2.34. The van der Waals surface area contributed by atoms with E-state index < -0.39 is 23.8 Å². The molecule has 0 aliphatic carbocycles. The summed E-state index contributed by atoms with van der Waals surface area (Å²) in [5, 5.41) is 5.53. The monoisotopic (exact) mass is 471 g/mol. The number of anilines is 3. The number of fused-ring (bicyclic) bond motifs is 1. The van der Waals surface area contributed by atoms with Crippen LogP contribution in [0.25, 0.3) is 0 Å². The Morgan fingerprint density at radius 1 is 0.971 bits per heavy atom. The summed E-state index contributed by atoms with van der Waals surface area (Å²) in [6, 6.07) is 19.3. The molecule has 1 atom stereocenters. The molecule has 1 aliphatic rings. The number of hydrogen-bond acceptors (Lipinski definition) is 5. The van der Waals surface area contributed by atoms with Gasteiger partial charge in [-0.2, -0.15) is 0 Å². The SMILES string of the molecule is CCOC(=O)c1ccc(NC(=O)C[C@H]2C(=O)Nc3ccccc3N2C(=O)c2ccccc2C)cc1. The molecule has 1 heterocycles. The molecule has 178 valence electrons. The van der Waals surface area contributed by atoms with Gasteiger partial charge in [-0.15, -0.1) is 0 Å². The van der Waals surface area contributed by atoms with Gasteiger partial charge in [0.05, 0.1) is 30.0 Å². The van der Waals surface area contributed by atoms with Crippen LogP contribution < -0.4 is 15.5 Å². The van der Waals surface area contributed by atoms with Crippen molar-refractivity contribution in [3.63, 3.8) is 0 Å². The molecule has 2 N–H and O–H groups in total. The molecular formula is C27H25N3O5. The summed E-state index contributed by atoms with van der Waals surface area (Å²) >= 11 is 0. The van der Waals surface area contributed by atoms with Crippen molar-refractivity contribution in [2.45, 2.75) is 26.3 Å². The lowest BCUT2D eigenvalue weighted by Crippen LogP contribution is -2.52. The van der Waals surface area contributed by atoms with Crippen molar-refractivity contribution in [3.8, 4) is 0 Å². The third kappa shape index (κ3) is 5.06. The minimum absolute atomic E-state index is 0.253. The van der Waals surface area contributed by atoms with E-state index in [4.69, 9.17) is 4.74 Å². The minimum Gasteiger partial charge on any atom is -0.462 e. The molecule has 0 unspecified atom stereocenters. The van der Waals surface area contributed by atoms with Crippen molar-refractivity contribution in [1.29, 1.82) is 0 Å². The Bertz CT molecular complexity index is 1290. The molecule has 1 aliphatic heterocycles. The van der Waals surface area contributed by atoms with Crippen molar-refractivity contribution in [2.24, 2.45) is 0 Å². The lowest BCUT2D eigenvalue weighted by molar-refractivity contribution is -0.122. The normalized spacial score (nSPS) is 14.5. The smallest absolute Gasteiger partial charge is 0.338 e. The van der Waals surface area contributed by atoms with Crippen LogP contribution in [0.15, 0.2) is 72.8 Å². The van der Waals surface area contributed by atoms with E-state index in [9.17, 15) is 19.2 Å². The average molecular weight is 472 g/mol. The first kappa shape index (κ1) is 23.7. The second-order valence-corrected chi connectivity index (χ2v) is 8.06. The zero-order valence-corrected chi connectivity index (χ0v) is 19.4. The molecule has 3 aromatic carbocycles. The molecule has 0 aromatic heterocycles. The number of aryl methyl sites for hydroxylation is 1. The molecule has 0 radical (unpaired) electrons. The van der Waals surface area contributed by atoms with Crippen LogP contribution in [0.1, 0.15) is 39.6 Å². The van der Waals surface area contributed by atoms with Gasteiger partial charge in [-0.3, -0.25) is 19.3 Å². The number of carbonyl (C=O) groups is 4. The second-order valence-electron chi connectivity index (χ2n) is 8.06. The maximum atomic E-state index is 13.6. The van der Waals surface area contributed by atoms with Crippen LogP contribution in [0.4, 0.5) is 17.1 Å².